The van der Waals surface area contributed by atoms with Crippen LogP contribution >= 0.6 is 0 Å². The van der Waals surface area contributed by atoms with Gasteiger partial charge in [-0.05, 0) is 38.1 Å². The maximum absolute atomic E-state index is 12.6. The van der Waals surface area contributed by atoms with Gasteiger partial charge in [0.2, 0.25) is 11.8 Å². The molecule has 11 heteroatoms. The van der Waals surface area contributed by atoms with Crippen LogP contribution < -0.4 is 5.32 Å². The summed E-state index contributed by atoms with van der Waals surface area (Å²) >= 11 is 0. The molecule has 0 spiro atoms. The number of halogens is 3. The minimum atomic E-state index is -4.37. The Kier molecular flexibility index (Phi) is 6.94. The maximum Gasteiger partial charge on any atom is 0.416 e. The Morgan fingerprint density at radius 3 is 2.52 bits per heavy atom. The van der Waals surface area contributed by atoms with Gasteiger partial charge in [0.25, 0.3) is 0 Å². The van der Waals surface area contributed by atoms with Crippen molar-refractivity contribution in [3.63, 3.8) is 0 Å². The van der Waals surface area contributed by atoms with Gasteiger partial charge in [0.05, 0.1) is 12.0 Å². The number of likely N-dealkylation sites (N-methyl/N-ethyl adjacent to an activating group) is 1. The lowest BCUT2D eigenvalue weighted by molar-refractivity contribution is -0.138. The van der Waals surface area contributed by atoms with Gasteiger partial charge in [-0.3, -0.25) is 14.5 Å². The number of carbonyl (C=O) groups excluding carboxylic acids is 2. The van der Waals surface area contributed by atoms with E-state index in [9.17, 15) is 22.8 Å². The molecule has 0 saturated carbocycles. The number of carbonyl (C=O) groups is 2. The molecule has 1 aromatic heterocycles. The number of piperazine rings is 1. The van der Waals surface area contributed by atoms with E-state index in [2.05, 4.69) is 20.3 Å². The molecule has 31 heavy (non-hydrogen) atoms. The molecule has 2 amide bonds. The molecule has 1 aromatic carbocycles. The Bertz CT molecular complexity index is 914. The lowest BCUT2D eigenvalue weighted by Gasteiger charge is -2.38. The fourth-order valence-corrected chi connectivity index (χ4v) is 3.36. The molecule has 8 nitrogen and oxygen atoms in total. The van der Waals surface area contributed by atoms with Crippen LogP contribution in [-0.4, -0.2) is 71.2 Å². The largest absolute Gasteiger partial charge is 0.416 e. The Morgan fingerprint density at radius 2 is 1.90 bits per heavy atom. The van der Waals surface area contributed by atoms with E-state index in [0.717, 1.165) is 12.1 Å². The molecule has 1 aliphatic rings. The van der Waals surface area contributed by atoms with Gasteiger partial charge in [-0.25, -0.2) is 4.63 Å². The van der Waals surface area contributed by atoms with Crippen molar-refractivity contribution in [2.75, 3.05) is 33.2 Å². The monoisotopic (exact) mass is 439 g/mol. The van der Waals surface area contributed by atoms with Crippen LogP contribution in [-0.2, 0) is 28.6 Å². The molecule has 1 N–H and O–H groups in total. The van der Waals surface area contributed by atoms with Crippen LogP contribution in [0.3, 0.4) is 0 Å². The van der Waals surface area contributed by atoms with E-state index >= 15 is 0 Å². The molecule has 2 aromatic rings. The van der Waals surface area contributed by atoms with Crippen molar-refractivity contribution in [1.82, 2.24) is 25.4 Å². The Hall–Kier alpha value is -2.95. The number of hydrogen-bond donors (Lipinski definition) is 1. The molecule has 1 aliphatic heterocycles. The second-order valence-electron chi connectivity index (χ2n) is 7.54. The third kappa shape index (κ3) is 5.81. The predicted molar refractivity (Wildman–Crippen MR) is 104 cm³/mol. The van der Waals surface area contributed by atoms with Gasteiger partial charge in [0.1, 0.15) is 17.4 Å². The number of rotatable bonds is 6. The second-order valence-corrected chi connectivity index (χ2v) is 7.54. The van der Waals surface area contributed by atoms with Gasteiger partial charge in [-0.15, -0.1) is 0 Å². The zero-order chi connectivity index (χ0) is 22.6. The van der Waals surface area contributed by atoms with Crippen LogP contribution in [0.2, 0.25) is 0 Å². The lowest BCUT2D eigenvalue weighted by Crippen LogP contribution is -2.59. The van der Waals surface area contributed by atoms with Gasteiger partial charge >= 0.3 is 6.18 Å². The number of nitrogens with zero attached hydrogens (tertiary/aromatic N) is 4. The van der Waals surface area contributed by atoms with E-state index in [1.165, 1.54) is 12.1 Å². The number of aromatic nitrogens is 2. The average molecular weight is 439 g/mol. The quantitative estimate of drug-likeness (QED) is 0.733. The van der Waals surface area contributed by atoms with E-state index in [0.29, 0.717) is 36.5 Å². The van der Waals surface area contributed by atoms with Crippen LogP contribution in [0.5, 0.6) is 0 Å². The lowest BCUT2D eigenvalue weighted by atomic mass is 10.1. The number of aryl methyl sites for hydroxylation is 1. The summed E-state index contributed by atoms with van der Waals surface area (Å²) in [7, 11) is 1.81. The van der Waals surface area contributed by atoms with Gasteiger partial charge in [-0.2, -0.15) is 13.2 Å². The Morgan fingerprint density at radius 1 is 1.19 bits per heavy atom. The minimum absolute atomic E-state index is 0.0569. The van der Waals surface area contributed by atoms with Crippen LogP contribution in [0.25, 0.3) is 0 Å². The zero-order valence-electron chi connectivity index (χ0n) is 17.3. The van der Waals surface area contributed by atoms with Crippen molar-refractivity contribution >= 4 is 11.8 Å². The molecule has 0 aliphatic carbocycles. The SMILES string of the molecule is Cc1nonc1CC(=O)N1CCN(C)[C@@H](C(=O)NCCc2ccc(C(F)(F)F)cc2)C1. The first kappa shape index (κ1) is 22.7. The van der Waals surface area contributed by atoms with Crippen LogP contribution in [0.4, 0.5) is 13.2 Å². The molecule has 2 heterocycles. The average Bonchev–Trinajstić information content (AvgIpc) is 3.12. The zero-order valence-corrected chi connectivity index (χ0v) is 17.3. The summed E-state index contributed by atoms with van der Waals surface area (Å²) in [4.78, 5) is 28.7. The number of amides is 2. The van der Waals surface area contributed by atoms with Crippen molar-refractivity contribution in [1.29, 1.82) is 0 Å². The molecule has 0 unspecified atom stereocenters. The van der Waals surface area contributed by atoms with E-state index in [-0.39, 0.29) is 31.3 Å². The standard InChI is InChI=1S/C20H24F3N5O3/c1-13-16(26-31-25-13)11-18(29)28-10-9-27(2)17(12-28)19(30)24-8-7-14-3-5-15(6-4-14)20(21,22)23/h3-6,17H,7-12H2,1-2H3,(H,24,30)/t17-/m1/s1. The summed E-state index contributed by atoms with van der Waals surface area (Å²) < 4.78 is 42.5. The van der Waals surface area contributed by atoms with Crippen molar-refractivity contribution in [2.45, 2.75) is 32.0 Å². The first-order valence-electron chi connectivity index (χ1n) is 9.85. The molecule has 0 radical (unpaired) electrons. The molecule has 1 saturated heterocycles. The Labute approximate surface area is 177 Å². The molecule has 1 atom stereocenters. The number of benzene rings is 1. The minimum Gasteiger partial charge on any atom is -0.354 e. The molecular formula is C20H24F3N5O3. The summed E-state index contributed by atoms with van der Waals surface area (Å²) in [6.45, 7) is 3.27. The van der Waals surface area contributed by atoms with E-state index in [4.69, 9.17) is 0 Å². The summed E-state index contributed by atoms with van der Waals surface area (Å²) in [5.41, 5.74) is 1.02. The number of alkyl halides is 3. The van der Waals surface area contributed by atoms with Crippen LogP contribution in [0.15, 0.2) is 28.9 Å². The van der Waals surface area contributed by atoms with Gasteiger partial charge in [0, 0.05) is 26.2 Å². The van der Waals surface area contributed by atoms with E-state index < -0.39 is 17.8 Å². The fraction of sp³-hybridized carbons (Fsp3) is 0.500. The molecule has 0 bridgehead atoms. The summed E-state index contributed by atoms with van der Waals surface area (Å²) in [5, 5.41) is 10.2. The molecule has 1 fully saturated rings. The third-order valence-electron chi connectivity index (χ3n) is 5.36. The first-order chi connectivity index (χ1) is 14.6. The van der Waals surface area contributed by atoms with Crippen LogP contribution in [0, 0.1) is 6.92 Å². The highest BCUT2D eigenvalue weighted by molar-refractivity contribution is 5.84. The summed E-state index contributed by atoms with van der Waals surface area (Å²) in [6, 6.07) is 4.36. The highest BCUT2D eigenvalue weighted by atomic mass is 19.4. The Balaban J connectivity index is 1.50. The van der Waals surface area contributed by atoms with Crippen molar-refractivity contribution in [2.24, 2.45) is 0 Å². The van der Waals surface area contributed by atoms with Crippen LogP contribution in [0.1, 0.15) is 22.5 Å². The van der Waals surface area contributed by atoms with Gasteiger partial charge < -0.3 is 10.2 Å². The highest BCUT2D eigenvalue weighted by Crippen LogP contribution is 2.29. The van der Waals surface area contributed by atoms with Crippen molar-refractivity contribution in [3.8, 4) is 0 Å². The molecule has 168 valence electrons. The summed E-state index contributed by atoms with van der Waals surface area (Å²) in [5.74, 6) is -0.388. The van der Waals surface area contributed by atoms with Gasteiger partial charge in [0.15, 0.2) is 0 Å². The first-order valence-corrected chi connectivity index (χ1v) is 9.85. The predicted octanol–water partition coefficient (Wildman–Crippen LogP) is 1.44. The van der Waals surface area contributed by atoms with Crippen molar-refractivity contribution in [3.05, 3.63) is 46.8 Å². The summed E-state index contributed by atoms with van der Waals surface area (Å²) in [6.07, 6.45) is -3.91. The van der Waals surface area contributed by atoms with Gasteiger partial charge in [-0.1, -0.05) is 22.4 Å². The maximum atomic E-state index is 12.6. The normalized spacial score (nSPS) is 17.6. The fourth-order valence-electron chi connectivity index (χ4n) is 3.36. The number of hydrogen-bond acceptors (Lipinski definition) is 6. The highest BCUT2D eigenvalue weighted by Gasteiger charge is 2.32. The molecular weight excluding hydrogens is 415 g/mol. The van der Waals surface area contributed by atoms with E-state index in [1.807, 2.05) is 11.9 Å². The topological polar surface area (TPSA) is 91.6 Å². The molecule has 3 rings (SSSR count). The second kappa shape index (κ2) is 9.46. The van der Waals surface area contributed by atoms with E-state index in [1.54, 1.807) is 11.8 Å². The smallest absolute Gasteiger partial charge is 0.354 e. The third-order valence-corrected chi connectivity index (χ3v) is 5.36. The number of nitrogens with one attached hydrogen (secondary N) is 1. The van der Waals surface area contributed by atoms with Crippen molar-refractivity contribution < 1.29 is 27.4 Å².